The Morgan fingerprint density at radius 2 is 2.00 bits per heavy atom. The second kappa shape index (κ2) is 3.67. The van der Waals surface area contributed by atoms with Crippen LogP contribution in [0.3, 0.4) is 0 Å². The molecule has 1 aromatic carbocycles. The number of carbonyl (C=O) groups is 2. The second-order valence-electron chi connectivity index (χ2n) is 5.77. The van der Waals surface area contributed by atoms with Gasteiger partial charge in [-0.15, -0.1) is 0 Å². The zero-order chi connectivity index (χ0) is 12.9. The molecule has 3 rings (SSSR count). The second-order valence-corrected chi connectivity index (χ2v) is 5.77. The van der Waals surface area contributed by atoms with Gasteiger partial charge in [-0.2, -0.15) is 0 Å². The van der Waals surface area contributed by atoms with Crippen LogP contribution in [0.25, 0.3) is 0 Å². The van der Waals surface area contributed by atoms with E-state index in [0.29, 0.717) is 0 Å². The molecular formula is C15H17NO2. The van der Waals surface area contributed by atoms with Crippen LogP contribution in [0.15, 0.2) is 24.3 Å². The molecule has 1 heterocycles. The predicted octanol–water partition coefficient (Wildman–Crippen LogP) is 2.29. The van der Waals surface area contributed by atoms with Gasteiger partial charge in [0.05, 0.1) is 12.0 Å². The summed E-state index contributed by atoms with van der Waals surface area (Å²) in [6, 6.07) is 7.78. The predicted molar refractivity (Wildman–Crippen MR) is 69.6 cm³/mol. The van der Waals surface area contributed by atoms with E-state index in [2.05, 4.69) is 0 Å². The van der Waals surface area contributed by atoms with Gasteiger partial charge in [-0.1, -0.05) is 18.2 Å². The van der Waals surface area contributed by atoms with E-state index in [0.717, 1.165) is 24.1 Å². The first-order valence-corrected chi connectivity index (χ1v) is 6.46. The third-order valence-corrected chi connectivity index (χ3v) is 3.99. The SMILES string of the molecule is CC1(C)C(=O)N(CC(=O)C2CC2)c2ccccc21. The molecule has 3 heteroatoms. The van der Waals surface area contributed by atoms with E-state index in [1.54, 1.807) is 4.90 Å². The van der Waals surface area contributed by atoms with Crippen molar-refractivity contribution >= 4 is 17.4 Å². The Bertz CT molecular complexity index is 529. The molecule has 2 aliphatic rings. The van der Waals surface area contributed by atoms with Crippen molar-refractivity contribution in [3.05, 3.63) is 29.8 Å². The molecule has 0 unspecified atom stereocenters. The van der Waals surface area contributed by atoms with Crippen molar-refractivity contribution in [2.24, 2.45) is 5.92 Å². The molecule has 0 saturated heterocycles. The van der Waals surface area contributed by atoms with E-state index in [9.17, 15) is 9.59 Å². The minimum Gasteiger partial charge on any atom is -0.304 e. The van der Waals surface area contributed by atoms with Crippen molar-refractivity contribution in [2.45, 2.75) is 32.1 Å². The number of hydrogen-bond donors (Lipinski definition) is 0. The quantitative estimate of drug-likeness (QED) is 0.816. The Morgan fingerprint density at radius 3 is 2.67 bits per heavy atom. The normalized spacial score (nSPS) is 21.0. The van der Waals surface area contributed by atoms with Gasteiger partial charge in [0.15, 0.2) is 5.78 Å². The molecule has 94 valence electrons. The number of benzene rings is 1. The number of para-hydroxylation sites is 1. The maximum Gasteiger partial charge on any atom is 0.237 e. The summed E-state index contributed by atoms with van der Waals surface area (Å²) in [4.78, 5) is 26.0. The van der Waals surface area contributed by atoms with Gasteiger partial charge in [0.1, 0.15) is 0 Å². The maximum atomic E-state index is 12.4. The summed E-state index contributed by atoms with van der Waals surface area (Å²) < 4.78 is 0. The van der Waals surface area contributed by atoms with Crippen LogP contribution < -0.4 is 4.90 Å². The standard InChI is InChI=1S/C15H17NO2/c1-15(2)11-5-3-4-6-12(11)16(14(15)18)9-13(17)10-7-8-10/h3-6,10H,7-9H2,1-2H3. The van der Waals surface area contributed by atoms with E-state index >= 15 is 0 Å². The molecule has 1 aliphatic carbocycles. The molecule has 0 N–H and O–H groups in total. The Balaban J connectivity index is 1.95. The van der Waals surface area contributed by atoms with Crippen molar-refractivity contribution in [3.8, 4) is 0 Å². The number of nitrogens with zero attached hydrogens (tertiary/aromatic N) is 1. The van der Waals surface area contributed by atoms with E-state index in [1.165, 1.54) is 0 Å². The van der Waals surface area contributed by atoms with Gasteiger partial charge in [-0.3, -0.25) is 9.59 Å². The van der Waals surface area contributed by atoms with Crippen LogP contribution in [0.5, 0.6) is 0 Å². The Labute approximate surface area is 107 Å². The van der Waals surface area contributed by atoms with Crippen molar-refractivity contribution in [3.63, 3.8) is 0 Å². The van der Waals surface area contributed by atoms with Gasteiger partial charge in [-0.05, 0) is 38.3 Å². The smallest absolute Gasteiger partial charge is 0.237 e. The summed E-state index contributed by atoms with van der Waals surface area (Å²) in [7, 11) is 0. The number of rotatable bonds is 3. The van der Waals surface area contributed by atoms with Crippen molar-refractivity contribution in [1.82, 2.24) is 0 Å². The average molecular weight is 243 g/mol. The lowest BCUT2D eigenvalue weighted by Gasteiger charge is -2.19. The van der Waals surface area contributed by atoms with Crippen molar-refractivity contribution in [2.75, 3.05) is 11.4 Å². The van der Waals surface area contributed by atoms with Gasteiger partial charge in [0.25, 0.3) is 0 Å². The van der Waals surface area contributed by atoms with Crippen LogP contribution in [0.1, 0.15) is 32.3 Å². The number of fused-ring (bicyclic) bond motifs is 1. The molecule has 0 spiro atoms. The first kappa shape index (κ1) is 11.5. The largest absolute Gasteiger partial charge is 0.304 e. The monoisotopic (exact) mass is 243 g/mol. The number of ketones is 1. The van der Waals surface area contributed by atoms with Crippen molar-refractivity contribution < 1.29 is 9.59 Å². The van der Waals surface area contributed by atoms with E-state index < -0.39 is 5.41 Å². The van der Waals surface area contributed by atoms with Crippen LogP contribution in [0, 0.1) is 5.92 Å². The van der Waals surface area contributed by atoms with Crippen LogP contribution in [0.2, 0.25) is 0 Å². The highest BCUT2D eigenvalue weighted by Crippen LogP contribution is 2.41. The van der Waals surface area contributed by atoms with E-state index in [1.807, 2.05) is 38.1 Å². The van der Waals surface area contributed by atoms with Crippen LogP contribution in [0.4, 0.5) is 5.69 Å². The summed E-state index contributed by atoms with van der Waals surface area (Å²) in [6.45, 7) is 4.09. The molecule has 1 aliphatic heterocycles. The molecule has 0 radical (unpaired) electrons. The third-order valence-electron chi connectivity index (χ3n) is 3.99. The highest BCUT2D eigenvalue weighted by atomic mass is 16.2. The van der Waals surface area contributed by atoms with Crippen LogP contribution in [-0.4, -0.2) is 18.2 Å². The summed E-state index contributed by atoms with van der Waals surface area (Å²) in [5, 5.41) is 0. The Kier molecular flexibility index (Phi) is 2.34. The molecule has 1 fully saturated rings. The molecule has 1 aromatic rings. The van der Waals surface area contributed by atoms with Gasteiger partial charge >= 0.3 is 0 Å². The average Bonchev–Trinajstić information content (AvgIpc) is 3.16. The first-order valence-electron chi connectivity index (χ1n) is 6.46. The lowest BCUT2D eigenvalue weighted by Crippen LogP contribution is -2.39. The minimum absolute atomic E-state index is 0.0395. The zero-order valence-corrected chi connectivity index (χ0v) is 10.8. The fourth-order valence-corrected chi connectivity index (χ4v) is 2.65. The minimum atomic E-state index is -0.513. The van der Waals surface area contributed by atoms with E-state index in [-0.39, 0.29) is 24.2 Å². The Hall–Kier alpha value is -1.64. The molecule has 18 heavy (non-hydrogen) atoms. The molecule has 0 bridgehead atoms. The zero-order valence-electron chi connectivity index (χ0n) is 10.8. The Morgan fingerprint density at radius 1 is 1.33 bits per heavy atom. The fraction of sp³-hybridized carbons (Fsp3) is 0.467. The summed E-state index contributed by atoms with van der Waals surface area (Å²) in [5.41, 5.74) is 1.42. The summed E-state index contributed by atoms with van der Waals surface area (Å²) >= 11 is 0. The lowest BCUT2D eigenvalue weighted by molar-refractivity contribution is -0.125. The topological polar surface area (TPSA) is 37.4 Å². The maximum absolute atomic E-state index is 12.4. The molecule has 0 aromatic heterocycles. The van der Waals surface area contributed by atoms with Crippen LogP contribution >= 0.6 is 0 Å². The van der Waals surface area contributed by atoms with Crippen molar-refractivity contribution in [1.29, 1.82) is 0 Å². The highest BCUT2D eigenvalue weighted by Gasteiger charge is 2.45. The molecule has 3 nitrogen and oxygen atoms in total. The molecular weight excluding hydrogens is 226 g/mol. The van der Waals surface area contributed by atoms with Gasteiger partial charge < -0.3 is 4.90 Å². The highest BCUT2D eigenvalue weighted by molar-refractivity contribution is 6.10. The van der Waals surface area contributed by atoms with Gasteiger partial charge in [-0.25, -0.2) is 0 Å². The number of carbonyl (C=O) groups excluding carboxylic acids is 2. The first-order chi connectivity index (χ1) is 8.51. The van der Waals surface area contributed by atoms with Gasteiger partial charge in [0, 0.05) is 11.6 Å². The molecule has 1 saturated carbocycles. The number of Topliss-reactive ketones (excluding diaryl/α,β-unsaturated/α-hetero) is 1. The third kappa shape index (κ3) is 1.57. The number of amides is 1. The van der Waals surface area contributed by atoms with E-state index in [4.69, 9.17) is 0 Å². The van der Waals surface area contributed by atoms with Crippen LogP contribution in [-0.2, 0) is 15.0 Å². The number of hydrogen-bond acceptors (Lipinski definition) is 2. The number of anilines is 1. The molecule has 0 atom stereocenters. The summed E-state index contributed by atoms with van der Waals surface area (Å²) in [6.07, 6.45) is 1.98. The lowest BCUT2D eigenvalue weighted by atomic mass is 9.86. The fourth-order valence-electron chi connectivity index (χ4n) is 2.65. The van der Waals surface area contributed by atoms with Gasteiger partial charge in [0.2, 0.25) is 5.91 Å². The summed E-state index contributed by atoms with van der Waals surface area (Å²) in [5.74, 6) is 0.447. The molecule has 1 amide bonds.